The molecule has 0 radical (unpaired) electrons. The average Bonchev–Trinajstić information content (AvgIpc) is 3.10. The van der Waals surface area contributed by atoms with E-state index in [-0.39, 0.29) is 35.1 Å². The molecule has 26 heavy (non-hydrogen) atoms. The highest BCUT2D eigenvalue weighted by Gasteiger charge is 2.38. The highest BCUT2D eigenvalue weighted by atomic mass is 16.5. The van der Waals surface area contributed by atoms with Crippen LogP contribution in [-0.4, -0.2) is 65.8 Å². The molecule has 9 heteroatoms. The van der Waals surface area contributed by atoms with Crippen LogP contribution >= 0.6 is 0 Å². The van der Waals surface area contributed by atoms with Gasteiger partial charge in [0.15, 0.2) is 0 Å². The van der Waals surface area contributed by atoms with Crippen molar-refractivity contribution in [3.8, 4) is 11.5 Å². The van der Waals surface area contributed by atoms with E-state index in [0.717, 1.165) is 24.9 Å². The van der Waals surface area contributed by atoms with Gasteiger partial charge in [0.25, 0.3) is 0 Å². The number of nitrogens with zero attached hydrogens (tertiary/aromatic N) is 1. The van der Waals surface area contributed by atoms with Crippen molar-refractivity contribution in [3.63, 3.8) is 0 Å². The second-order valence-electron chi connectivity index (χ2n) is 6.98. The number of carbonyl (C=O) groups excluding carboxylic acids is 1. The van der Waals surface area contributed by atoms with Crippen LogP contribution in [-0.2, 0) is 11.2 Å². The first-order valence-electron chi connectivity index (χ1n) is 8.95. The summed E-state index contributed by atoms with van der Waals surface area (Å²) in [6.07, 6.45) is 2.60. The van der Waals surface area contributed by atoms with Gasteiger partial charge in [-0.05, 0) is 43.8 Å². The van der Waals surface area contributed by atoms with Crippen LogP contribution in [0.4, 0.5) is 0 Å². The number of likely N-dealkylation sites (tertiary alicyclic amines) is 1. The highest BCUT2D eigenvalue weighted by Crippen LogP contribution is 2.37. The van der Waals surface area contributed by atoms with E-state index in [2.05, 4.69) is 5.32 Å². The number of aryl methyl sites for hydroxylation is 1. The first-order valence-corrected chi connectivity index (χ1v) is 8.95. The van der Waals surface area contributed by atoms with Crippen molar-refractivity contribution in [3.05, 3.63) is 23.3 Å². The molecule has 3 aliphatic heterocycles. The van der Waals surface area contributed by atoms with Crippen LogP contribution in [0.2, 0.25) is 6.32 Å². The summed E-state index contributed by atoms with van der Waals surface area (Å²) in [5.41, 5.74) is 0.682. The molecule has 4 rings (SSSR count). The van der Waals surface area contributed by atoms with Crippen molar-refractivity contribution < 1.29 is 29.1 Å². The normalized spacial score (nSPS) is 22.4. The minimum Gasteiger partial charge on any atom is -0.535 e. The van der Waals surface area contributed by atoms with Crippen molar-refractivity contribution in [1.82, 2.24) is 10.2 Å². The first kappa shape index (κ1) is 17.2. The molecule has 1 aromatic carbocycles. The van der Waals surface area contributed by atoms with Crippen LogP contribution < -0.4 is 14.7 Å². The molecule has 3 heterocycles. The van der Waals surface area contributed by atoms with Crippen LogP contribution in [0.1, 0.15) is 28.8 Å². The molecular weight excluding hydrogens is 339 g/mol. The molecule has 0 spiro atoms. The fourth-order valence-corrected chi connectivity index (χ4v) is 3.70. The van der Waals surface area contributed by atoms with Crippen LogP contribution in [0.5, 0.6) is 11.5 Å². The summed E-state index contributed by atoms with van der Waals surface area (Å²) in [5.74, 6) is -0.691. The van der Waals surface area contributed by atoms with Gasteiger partial charge in [0.1, 0.15) is 23.2 Å². The van der Waals surface area contributed by atoms with E-state index >= 15 is 0 Å². The number of carboxylic acids is 1. The fourth-order valence-electron chi connectivity index (χ4n) is 3.70. The van der Waals surface area contributed by atoms with Gasteiger partial charge in [0.2, 0.25) is 5.91 Å². The molecule has 138 valence electrons. The summed E-state index contributed by atoms with van der Waals surface area (Å²) < 4.78 is 11.2. The lowest BCUT2D eigenvalue weighted by atomic mass is 9.78. The fraction of sp³-hybridized carbons (Fsp3) is 0.529. The van der Waals surface area contributed by atoms with E-state index in [0.29, 0.717) is 25.8 Å². The molecule has 0 aromatic heterocycles. The Morgan fingerprint density at radius 2 is 2.15 bits per heavy atom. The lowest BCUT2D eigenvalue weighted by Crippen LogP contribution is -2.59. The largest absolute Gasteiger partial charge is 0.535 e. The van der Waals surface area contributed by atoms with E-state index in [1.807, 2.05) is 0 Å². The second-order valence-corrected chi connectivity index (χ2v) is 6.98. The number of nitrogens with one attached hydrogen (secondary N) is 1. The molecule has 8 nitrogen and oxygen atoms in total. The zero-order chi connectivity index (χ0) is 18.3. The zero-order valence-corrected chi connectivity index (χ0v) is 14.3. The summed E-state index contributed by atoms with van der Waals surface area (Å²) >= 11 is 0. The SMILES string of the molecule is O=C(O)c1c(OC2CN(C(=O)[C@@H]3CCCN3)C2)ccc2c1OB(O)CC2. The number of carbonyl (C=O) groups is 2. The van der Waals surface area contributed by atoms with E-state index in [1.54, 1.807) is 17.0 Å². The third kappa shape index (κ3) is 3.12. The Labute approximate surface area is 151 Å². The molecule has 2 saturated heterocycles. The van der Waals surface area contributed by atoms with Crippen molar-refractivity contribution in [2.24, 2.45) is 0 Å². The van der Waals surface area contributed by atoms with Gasteiger partial charge in [-0.3, -0.25) is 4.79 Å². The van der Waals surface area contributed by atoms with Gasteiger partial charge in [-0.2, -0.15) is 0 Å². The van der Waals surface area contributed by atoms with E-state index in [9.17, 15) is 19.7 Å². The summed E-state index contributed by atoms with van der Waals surface area (Å²) in [6, 6.07) is 3.29. The first-order chi connectivity index (χ1) is 12.5. The quantitative estimate of drug-likeness (QED) is 0.656. The maximum Gasteiger partial charge on any atom is 0.522 e. The van der Waals surface area contributed by atoms with Gasteiger partial charge in [-0.1, -0.05) is 6.07 Å². The second kappa shape index (κ2) is 6.81. The number of ether oxygens (including phenoxy) is 1. The van der Waals surface area contributed by atoms with Gasteiger partial charge < -0.3 is 29.7 Å². The summed E-state index contributed by atoms with van der Waals surface area (Å²) in [6.45, 7) is 1.75. The Kier molecular flexibility index (Phi) is 4.50. The summed E-state index contributed by atoms with van der Waals surface area (Å²) in [4.78, 5) is 25.7. The summed E-state index contributed by atoms with van der Waals surface area (Å²) in [5, 5.41) is 22.4. The number of hydrogen-bond donors (Lipinski definition) is 3. The molecule has 0 bridgehead atoms. The molecule has 3 N–H and O–H groups in total. The molecule has 0 unspecified atom stereocenters. The third-order valence-electron chi connectivity index (χ3n) is 5.14. The van der Waals surface area contributed by atoms with Crippen LogP contribution in [0.25, 0.3) is 0 Å². The Morgan fingerprint density at radius 1 is 1.35 bits per heavy atom. The molecular formula is C17H21BN2O6. The maximum absolute atomic E-state index is 12.3. The Hall–Kier alpha value is -2.26. The number of amides is 1. The van der Waals surface area contributed by atoms with Crippen molar-refractivity contribution in [2.45, 2.75) is 37.7 Å². The van der Waals surface area contributed by atoms with Crippen molar-refractivity contribution >= 4 is 19.0 Å². The molecule has 1 amide bonds. The average molecular weight is 360 g/mol. The van der Waals surface area contributed by atoms with E-state index < -0.39 is 13.1 Å². The number of aromatic carboxylic acids is 1. The number of fused-ring (bicyclic) bond motifs is 1. The number of hydrogen-bond acceptors (Lipinski definition) is 6. The predicted molar refractivity (Wildman–Crippen MR) is 92.5 cm³/mol. The van der Waals surface area contributed by atoms with Crippen LogP contribution in [0.15, 0.2) is 12.1 Å². The topological polar surface area (TPSA) is 108 Å². The molecule has 1 atom stereocenters. The molecule has 0 aliphatic carbocycles. The van der Waals surface area contributed by atoms with Crippen LogP contribution in [0.3, 0.4) is 0 Å². The van der Waals surface area contributed by atoms with Gasteiger partial charge in [-0.25, -0.2) is 4.79 Å². The predicted octanol–water partition coefficient (Wildman–Crippen LogP) is 0.142. The molecule has 1 aromatic rings. The third-order valence-corrected chi connectivity index (χ3v) is 5.14. The van der Waals surface area contributed by atoms with Crippen LogP contribution in [0, 0.1) is 0 Å². The van der Waals surface area contributed by atoms with E-state index in [1.165, 1.54) is 0 Å². The lowest BCUT2D eigenvalue weighted by molar-refractivity contribution is -0.141. The van der Waals surface area contributed by atoms with Gasteiger partial charge in [0.05, 0.1) is 19.1 Å². The minimum absolute atomic E-state index is 0.0662. The zero-order valence-electron chi connectivity index (χ0n) is 14.3. The molecule has 0 saturated carbocycles. The Morgan fingerprint density at radius 3 is 2.85 bits per heavy atom. The Balaban J connectivity index is 1.45. The number of carboxylic acid groups (broad SMARTS) is 1. The maximum atomic E-state index is 12.3. The number of rotatable bonds is 4. The standard InChI is InChI=1S/C17H21BN2O6/c21-16(12-2-1-7-19-12)20-8-11(9-20)25-13-4-3-10-5-6-18(24)26-15(10)14(13)17(22)23/h3-4,11-12,19,24H,1-2,5-9H2,(H,22,23)/t12-/m0/s1. The van der Waals surface area contributed by atoms with E-state index in [4.69, 9.17) is 9.39 Å². The monoisotopic (exact) mass is 360 g/mol. The van der Waals surface area contributed by atoms with Gasteiger partial charge >= 0.3 is 13.1 Å². The molecule has 3 aliphatic rings. The van der Waals surface area contributed by atoms with Gasteiger partial charge in [-0.15, -0.1) is 0 Å². The highest BCUT2D eigenvalue weighted by molar-refractivity contribution is 6.44. The number of benzene rings is 1. The smallest absolute Gasteiger partial charge is 0.522 e. The van der Waals surface area contributed by atoms with Crippen molar-refractivity contribution in [2.75, 3.05) is 19.6 Å². The van der Waals surface area contributed by atoms with Crippen molar-refractivity contribution in [1.29, 1.82) is 0 Å². The molecule has 2 fully saturated rings. The lowest BCUT2D eigenvalue weighted by Gasteiger charge is -2.40. The van der Waals surface area contributed by atoms with Gasteiger partial charge in [0, 0.05) is 0 Å². The minimum atomic E-state index is -1.16. The Bertz CT molecular complexity index is 730. The summed E-state index contributed by atoms with van der Waals surface area (Å²) in [7, 11) is -1.01.